The molecule has 174 valence electrons. The van der Waals surface area contributed by atoms with Gasteiger partial charge >= 0.3 is 6.16 Å². The first-order chi connectivity index (χ1) is 13.9. The molecule has 3 nitrogen and oxygen atoms in total. The van der Waals surface area contributed by atoms with E-state index in [0.29, 0.717) is 0 Å². The van der Waals surface area contributed by atoms with E-state index in [-0.39, 0.29) is 6.10 Å². The smallest absolute Gasteiger partial charge is 0.431 e. The fraction of sp³-hybridized carbons (Fsp3) is 0.962. The van der Waals surface area contributed by atoms with E-state index in [1.54, 1.807) is 0 Å². The highest BCUT2D eigenvalue weighted by molar-refractivity contribution is 5.60. The molecule has 29 heavy (non-hydrogen) atoms. The third-order valence-electron chi connectivity index (χ3n) is 5.41. The minimum atomic E-state index is -0.498. The second-order valence-corrected chi connectivity index (χ2v) is 9.73. The number of unbranched alkanes of at least 4 members (excludes halogenated alkanes) is 14. The second-order valence-electron chi connectivity index (χ2n) is 9.73. The van der Waals surface area contributed by atoms with Crippen LogP contribution in [0.15, 0.2) is 0 Å². The Labute approximate surface area is 182 Å². The van der Waals surface area contributed by atoms with Gasteiger partial charge in [0.05, 0.1) is 0 Å². The van der Waals surface area contributed by atoms with Crippen LogP contribution in [-0.2, 0) is 9.47 Å². The largest absolute Gasteiger partial charge is 0.509 e. The molecule has 0 unspecified atom stereocenters. The SMILES string of the molecule is CCCCCCCCCCC(CCCCCCCCCC)OC(=O)OC(C)(C)C. The van der Waals surface area contributed by atoms with E-state index in [1.165, 1.54) is 89.9 Å². The Balaban J connectivity index is 4.04. The molecule has 0 saturated heterocycles. The van der Waals surface area contributed by atoms with Crippen LogP contribution in [0.1, 0.15) is 150 Å². The Bertz CT molecular complexity index is 339. The van der Waals surface area contributed by atoms with E-state index >= 15 is 0 Å². The molecule has 0 aliphatic heterocycles. The molecule has 0 aromatic carbocycles. The number of carbonyl (C=O) groups is 1. The van der Waals surface area contributed by atoms with Gasteiger partial charge in [-0.25, -0.2) is 4.79 Å². The summed E-state index contributed by atoms with van der Waals surface area (Å²) < 4.78 is 11.1. The summed E-state index contributed by atoms with van der Waals surface area (Å²) in [6.45, 7) is 10.2. The zero-order valence-corrected chi connectivity index (χ0v) is 20.5. The third kappa shape index (κ3) is 21.8. The van der Waals surface area contributed by atoms with Crippen LogP contribution in [0.2, 0.25) is 0 Å². The molecule has 0 aliphatic carbocycles. The predicted molar refractivity (Wildman–Crippen MR) is 126 cm³/mol. The van der Waals surface area contributed by atoms with Crippen LogP contribution in [0.3, 0.4) is 0 Å². The van der Waals surface area contributed by atoms with E-state index in [2.05, 4.69) is 13.8 Å². The van der Waals surface area contributed by atoms with Gasteiger partial charge in [0.2, 0.25) is 0 Å². The Hall–Kier alpha value is -0.730. The van der Waals surface area contributed by atoms with Gasteiger partial charge in [-0.2, -0.15) is 0 Å². The van der Waals surface area contributed by atoms with E-state index < -0.39 is 11.8 Å². The summed E-state index contributed by atoms with van der Waals surface area (Å²) in [5.74, 6) is 0. The molecule has 0 heterocycles. The Kier molecular flexibility index (Phi) is 18.8. The van der Waals surface area contributed by atoms with Crippen molar-refractivity contribution in [2.75, 3.05) is 0 Å². The number of ether oxygens (including phenoxy) is 2. The topological polar surface area (TPSA) is 35.5 Å². The molecule has 3 heteroatoms. The van der Waals surface area contributed by atoms with Gasteiger partial charge < -0.3 is 9.47 Å². The summed E-state index contributed by atoms with van der Waals surface area (Å²) in [6, 6.07) is 0. The molecule has 0 radical (unpaired) electrons. The van der Waals surface area contributed by atoms with E-state index in [0.717, 1.165) is 25.7 Å². The van der Waals surface area contributed by atoms with Crippen molar-refractivity contribution in [3.63, 3.8) is 0 Å². The summed E-state index contributed by atoms with van der Waals surface area (Å²) in [5.41, 5.74) is -0.487. The maximum Gasteiger partial charge on any atom is 0.509 e. The highest BCUT2D eigenvalue weighted by Crippen LogP contribution is 2.19. The average molecular weight is 413 g/mol. The lowest BCUT2D eigenvalue weighted by atomic mass is 10.0. The number of carbonyl (C=O) groups excluding carboxylic acids is 1. The molecule has 0 saturated carbocycles. The molecule has 0 aromatic heterocycles. The van der Waals surface area contributed by atoms with Gasteiger partial charge in [0.1, 0.15) is 11.7 Å². The fourth-order valence-corrected chi connectivity index (χ4v) is 3.68. The first-order valence-electron chi connectivity index (χ1n) is 12.8. The van der Waals surface area contributed by atoms with Gasteiger partial charge in [-0.05, 0) is 46.5 Å². The van der Waals surface area contributed by atoms with Crippen molar-refractivity contribution in [1.82, 2.24) is 0 Å². The minimum Gasteiger partial charge on any atom is -0.431 e. The zero-order chi connectivity index (χ0) is 21.8. The molecule has 0 bridgehead atoms. The van der Waals surface area contributed by atoms with E-state index in [4.69, 9.17) is 9.47 Å². The molecule has 0 rings (SSSR count). The van der Waals surface area contributed by atoms with E-state index in [9.17, 15) is 4.79 Å². The normalized spacial score (nSPS) is 11.8. The summed E-state index contributed by atoms with van der Waals surface area (Å²) in [5, 5.41) is 0. The van der Waals surface area contributed by atoms with Gasteiger partial charge in [-0.15, -0.1) is 0 Å². The van der Waals surface area contributed by atoms with Crippen molar-refractivity contribution in [2.45, 2.75) is 162 Å². The maximum absolute atomic E-state index is 12.1. The highest BCUT2D eigenvalue weighted by Gasteiger charge is 2.21. The van der Waals surface area contributed by atoms with Crippen LogP contribution in [-0.4, -0.2) is 17.9 Å². The average Bonchev–Trinajstić information content (AvgIpc) is 2.64. The molecule has 0 fully saturated rings. The van der Waals surface area contributed by atoms with Crippen LogP contribution >= 0.6 is 0 Å². The third-order valence-corrected chi connectivity index (χ3v) is 5.41. The lowest BCUT2D eigenvalue weighted by Gasteiger charge is -2.23. The van der Waals surface area contributed by atoms with Gasteiger partial charge in [-0.1, -0.05) is 104 Å². The molecule has 0 spiro atoms. The first kappa shape index (κ1) is 28.3. The predicted octanol–water partition coefficient (Wildman–Crippen LogP) is 9.37. The molecular weight excluding hydrogens is 360 g/mol. The van der Waals surface area contributed by atoms with Crippen molar-refractivity contribution in [3.8, 4) is 0 Å². The lowest BCUT2D eigenvalue weighted by Crippen LogP contribution is -2.27. The van der Waals surface area contributed by atoms with Gasteiger partial charge in [0.15, 0.2) is 0 Å². The summed E-state index contributed by atoms with van der Waals surface area (Å²) >= 11 is 0. The number of hydrogen-bond acceptors (Lipinski definition) is 3. The lowest BCUT2D eigenvalue weighted by molar-refractivity contribution is -0.0307. The van der Waals surface area contributed by atoms with Crippen molar-refractivity contribution in [1.29, 1.82) is 0 Å². The van der Waals surface area contributed by atoms with Gasteiger partial charge in [0.25, 0.3) is 0 Å². The molecule has 0 N–H and O–H groups in total. The molecule has 0 aromatic rings. The maximum atomic E-state index is 12.1. The standard InChI is InChI=1S/C26H52O3/c1-6-8-10-12-14-16-18-20-22-24(28-25(27)29-26(3,4)5)23-21-19-17-15-13-11-9-7-2/h24H,6-23H2,1-5H3. The van der Waals surface area contributed by atoms with Crippen LogP contribution < -0.4 is 0 Å². The number of hydrogen-bond donors (Lipinski definition) is 0. The van der Waals surface area contributed by atoms with Crippen molar-refractivity contribution >= 4 is 6.16 Å². The molecule has 0 aliphatic rings. The summed E-state index contributed by atoms with van der Waals surface area (Å²) in [7, 11) is 0. The monoisotopic (exact) mass is 412 g/mol. The second kappa shape index (κ2) is 19.2. The molecule has 0 atom stereocenters. The van der Waals surface area contributed by atoms with E-state index in [1.807, 2.05) is 20.8 Å². The summed E-state index contributed by atoms with van der Waals surface area (Å²) in [6.07, 6.45) is 22.4. The minimum absolute atomic E-state index is 0.0185. The van der Waals surface area contributed by atoms with Crippen LogP contribution in [0.5, 0.6) is 0 Å². The Morgan fingerprint density at radius 3 is 1.31 bits per heavy atom. The van der Waals surface area contributed by atoms with Crippen LogP contribution in [0.25, 0.3) is 0 Å². The molecular formula is C26H52O3. The van der Waals surface area contributed by atoms with Gasteiger partial charge in [0, 0.05) is 0 Å². The van der Waals surface area contributed by atoms with Crippen LogP contribution in [0, 0.1) is 0 Å². The van der Waals surface area contributed by atoms with Crippen LogP contribution in [0.4, 0.5) is 4.79 Å². The van der Waals surface area contributed by atoms with Crippen molar-refractivity contribution in [3.05, 3.63) is 0 Å². The van der Waals surface area contributed by atoms with Gasteiger partial charge in [-0.3, -0.25) is 0 Å². The Morgan fingerprint density at radius 1 is 0.621 bits per heavy atom. The zero-order valence-electron chi connectivity index (χ0n) is 20.5. The summed E-state index contributed by atoms with van der Waals surface area (Å²) in [4.78, 5) is 12.1. The van der Waals surface area contributed by atoms with Crippen molar-refractivity contribution < 1.29 is 14.3 Å². The molecule has 0 amide bonds. The fourth-order valence-electron chi connectivity index (χ4n) is 3.68. The quantitative estimate of drug-likeness (QED) is 0.156. The number of rotatable bonds is 19. The Morgan fingerprint density at radius 2 is 0.966 bits per heavy atom. The first-order valence-corrected chi connectivity index (χ1v) is 12.8. The highest BCUT2D eigenvalue weighted by atomic mass is 16.7. The van der Waals surface area contributed by atoms with Crippen molar-refractivity contribution in [2.24, 2.45) is 0 Å².